The summed E-state index contributed by atoms with van der Waals surface area (Å²) in [5.41, 5.74) is 4.30. The number of carbonyl (C=O) groups is 1. The topological polar surface area (TPSA) is 58.4 Å². The van der Waals surface area contributed by atoms with Gasteiger partial charge in [0.15, 0.2) is 0 Å². The van der Waals surface area contributed by atoms with Gasteiger partial charge in [0.1, 0.15) is 0 Å². The number of nitrogens with zero attached hydrogens (tertiary/aromatic N) is 1. The first kappa shape index (κ1) is 21.0. The molecule has 1 heterocycles. The van der Waals surface area contributed by atoms with Crippen LogP contribution in [0.5, 0.6) is 0 Å². The normalized spacial score (nSPS) is 21.4. The van der Waals surface area contributed by atoms with Crippen LogP contribution in [0, 0.1) is 5.41 Å². The van der Waals surface area contributed by atoms with Crippen LogP contribution in [0.25, 0.3) is 0 Å². The number of likely N-dealkylation sites (tertiary alicyclic amines) is 1. The van der Waals surface area contributed by atoms with Crippen molar-refractivity contribution in [2.75, 3.05) is 31.5 Å². The van der Waals surface area contributed by atoms with E-state index in [0.29, 0.717) is 19.6 Å². The Morgan fingerprint density at radius 1 is 1.46 bits per heavy atom. The maximum absolute atomic E-state index is 13.0. The van der Waals surface area contributed by atoms with Gasteiger partial charge in [-0.3, -0.25) is 9.69 Å². The van der Waals surface area contributed by atoms with E-state index in [0.717, 1.165) is 12.5 Å². The minimum absolute atomic E-state index is 0. The number of alkyl halides is 3. The van der Waals surface area contributed by atoms with Crippen LogP contribution in [0.3, 0.4) is 0 Å². The molecule has 2 rings (SSSR count). The molecule has 136 valence electrons. The zero-order valence-corrected chi connectivity index (χ0v) is 14.7. The van der Waals surface area contributed by atoms with Gasteiger partial charge in [-0.2, -0.15) is 13.2 Å². The lowest BCUT2D eigenvalue weighted by molar-refractivity contribution is -0.137. The molecule has 1 aliphatic rings. The second-order valence-electron chi connectivity index (χ2n) is 6.18. The maximum atomic E-state index is 13.0. The number of hydrogen-bond acceptors (Lipinski definition) is 3. The molecule has 24 heavy (non-hydrogen) atoms. The fourth-order valence-corrected chi connectivity index (χ4v) is 2.92. The number of rotatable bonds is 4. The predicted molar refractivity (Wildman–Crippen MR) is 90.6 cm³/mol. The van der Waals surface area contributed by atoms with Crippen LogP contribution in [-0.2, 0) is 11.0 Å². The van der Waals surface area contributed by atoms with Crippen LogP contribution in [0.15, 0.2) is 18.2 Å². The van der Waals surface area contributed by atoms with Gasteiger partial charge in [0.25, 0.3) is 0 Å². The van der Waals surface area contributed by atoms with Crippen LogP contribution in [0.1, 0.15) is 18.9 Å². The van der Waals surface area contributed by atoms with E-state index >= 15 is 0 Å². The number of hydrogen-bond donors (Lipinski definition) is 2. The van der Waals surface area contributed by atoms with Crippen LogP contribution in [0.4, 0.5) is 18.9 Å². The minimum Gasteiger partial charge on any atom is -0.330 e. The standard InChI is InChI=1S/C15H19ClF3N3O.ClH/c1-14(8-20)5-6-22(9-14)7-12(23)21-13-10(15(17,18)19)3-2-4-11(13)16;/h2-4H,5-9,20H2,1H3,(H,21,23);1H. The summed E-state index contributed by atoms with van der Waals surface area (Å²) in [6, 6.07) is 3.41. The number of nitrogens with two attached hydrogens (primary N) is 1. The molecular weight excluding hydrogens is 366 g/mol. The van der Waals surface area contributed by atoms with Crippen molar-refractivity contribution in [1.82, 2.24) is 4.90 Å². The Kier molecular flexibility index (Phi) is 6.93. The third-order valence-corrected chi connectivity index (χ3v) is 4.40. The fraction of sp³-hybridized carbons (Fsp3) is 0.533. The SMILES string of the molecule is CC1(CN)CCN(CC(=O)Nc2c(Cl)cccc2C(F)(F)F)C1.Cl. The van der Waals surface area contributed by atoms with Gasteiger partial charge < -0.3 is 11.1 Å². The number of nitrogens with one attached hydrogen (secondary N) is 1. The molecule has 0 radical (unpaired) electrons. The zero-order valence-electron chi connectivity index (χ0n) is 13.1. The zero-order chi connectivity index (χ0) is 17.3. The molecule has 1 aliphatic heterocycles. The summed E-state index contributed by atoms with van der Waals surface area (Å²) in [5.74, 6) is -0.523. The first-order chi connectivity index (χ1) is 10.6. The molecule has 1 aromatic rings. The fourth-order valence-electron chi connectivity index (χ4n) is 2.70. The predicted octanol–water partition coefficient (Wildman–Crippen LogP) is 3.39. The molecule has 4 nitrogen and oxygen atoms in total. The number of halogens is 5. The molecule has 0 saturated carbocycles. The molecule has 1 saturated heterocycles. The van der Waals surface area contributed by atoms with Crippen LogP contribution < -0.4 is 11.1 Å². The molecule has 1 amide bonds. The number of anilines is 1. The summed E-state index contributed by atoms with van der Waals surface area (Å²) in [5, 5.41) is 2.16. The third-order valence-electron chi connectivity index (χ3n) is 4.08. The van der Waals surface area contributed by atoms with E-state index in [2.05, 4.69) is 5.32 Å². The highest BCUT2D eigenvalue weighted by atomic mass is 35.5. The van der Waals surface area contributed by atoms with Crippen LogP contribution in [-0.4, -0.2) is 37.0 Å². The largest absolute Gasteiger partial charge is 0.418 e. The van der Waals surface area contributed by atoms with Crippen molar-refractivity contribution in [1.29, 1.82) is 0 Å². The van der Waals surface area contributed by atoms with Crippen molar-refractivity contribution in [2.24, 2.45) is 11.1 Å². The van der Waals surface area contributed by atoms with Gasteiger partial charge in [0.05, 0.1) is 22.8 Å². The van der Waals surface area contributed by atoms with Crippen molar-refractivity contribution in [3.05, 3.63) is 28.8 Å². The van der Waals surface area contributed by atoms with Crippen molar-refractivity contribution in [3.63, 3.8) is 0 Å². The molecular formula is C15H20Cl2F3N3O. The van der Waals surface area contributed by atoms with E-state index in [1.54, 1.807) is 0 Å². The Labute approximate surface area is 149 Å². The van der Waals surface area contributed by atoms with Crippen LogP contribution in [0.2, 0.25) is 5.02 Å². The van der Waals surface area contributed by atoms with Crippen molar-refractivity contribution in [3.8, 4) is 0 Å². The summed E-state index contributed by atoms with van der Waals surface area (Å²) >= 11 is 5.82. The summed E-state index contributed by atoms with van der Waals surface area (Å²) in [4.78, 5) is 14.0. The lowest BCUT2D eigenvalue weighted by atomic mass is 9.90. The lowest BCUT2D eigenvalue weighted by Crippen LogP contribution is -2.35. The Morgan fingerprint density at radius 2 is 2.12 bits per heavy atom. The second kappa shape index (κ2) is 7.91. The van der Waals surface area contributed by atoms with Gasteiger partial charge in [-0.25, -0.2) is 0 Å². The third kappa shape index (κ3) is 4.99. The van der Waals surface area contributed by atoms with Crippen molar-refractivity contribution in [2.45, 2.75) is 19.5 Å². The number of benzene rings is 1. The number of carbonyl (C=O) groups excluding carboxylic acids is 1. The Bertz CT molecular complexity index is 598. The number of para-hydroxylation sites is 1. The first-order valence-corrected chi connectivity index (χ1v) is 7.60. The Hall–Kier alpha value is -1.02. The van der Waals surface area contributed by atoms with E-state index in [1.807, 2.05) is 11.8 Å². The molecule has 0 aromatic heterocycles. The first-order valence-electron chi connectivity index (χ1n) is 7.23. The van der Waals surface area contributed by atoms with E-state index in [9.17, 15) is 18.0 Å². The minimum atomic E-state index is -4.58. The smallest absolute Gasteiger partial charge is 0.330 e. The average molecular weight is 386 g/mol. The summed E-state index contributed by atoms with van der Waals surface area (Å²) in [6.07, 6.45) is -3.73. The van der Waals surface area contributed by atoms with E-state index in [-0.39, 0.29) is 29.4 Å². The van der Waals surface area contributed by atoms with Crippen LogP contribution >= 0.6 is 24.0 Å². The highest BCUT2D eigenvalue weighted by Crippen LogP contribution is 2.38. The number of amides is 1. The molecule has 0 aliphatic carbocycles. The molecule has 1 aromatic carbocycles. The Balaban J connectivity index is 0.00000288. The summed E-state index contributed by atoms with van der Waals surface area (Å²) < 4.78 is 39.0. The molecule has 0 spiro atoms. The van der Waals surface area contributed by atoms with Gasteiger partial charge in [-0.1, -0.05) is 24.6 Å². The monoisotopic (exact) mass is 385 g/mol. The van der Waals surface area contributed by atoms with E-state index in [4.69, 9.17) is 17.3 Å². The van der Waals surface area contributed by atoms with Gasteiger partial charge in [0, 0.05) is 6.54 Å². The molecule has 1 fully saturated rings. The second-order valence-corrected chi connectivity index (χ2v) is 6.59. The van der Waals surface area contributed by atoms with Crippen molar-refractivity contribution < 1.29 is 18.0 Å². The van der Waals surface area contributed by atoms with Gasteiger partial charge >= 0.3 is 6.18 Å². The highest BCUT2D eigenvalue weighted by molar-refractivity contribution is 6.34. The van der Waals surface area contributed by atoms with Gasteiger partial charge in [-0.05, 0) is 37.1 Å². The highest BCUT2D eigenvalue weighted by Gasteiger charge is 2.36. The molecule has 1 atom stereocenters. The quantitative estimate of drug-likeness (QED) is 0.834. The molecule has 1 unspecified atom stereocenters. The van der Waals surface area contributed by atoms with E-state index < -0.39 is 23.3 Å². The maximum Gasteiger partial charge on any atom is 0.418 e. The molecule has 0 bridgehead atoms. The van der Waals surface area contributed by atoms with Gasteiger partial charge in [-0.15, -0.1) is 12.4 Å². The molecule has 3 N–H and O–H groups in total. The van der Waals surface area contributed by atoms with E-state index in [1.165, 1.54) is 12.1 Å². The summed E-state index contributed by atoms with van der Waals surface area (Å²) in [7, 11) is 0. The van der Waals surface area contributed by atoms with Crippen molar-refractivity contribution >= 4 is 35.6 Å². The molecule has 9 heteroatoms. The summed E-state index contributed by atoms with van der Waals surface area (Å²) in [6.45, 7) is 3.88. The average Bonchev–Trinajstić information content (AvgIpc) is 2.82. The van der Waals surface area contributed by atoms with Gasteiger partial charge in [0.2, 0.25) is 5.91 Å². The lowest BCUT2D eigenvalue weighted by Gasteiger charge is -2.22. The Morgan fingerprint density at radius 3 is 2.67 bits per heavy atom.